The van der Waals surface area contributed by atoms with E-state index in [2.05, 4.69) is 9.80 Å². The Morgan fingerprint density at radius 3 is 2.70 bits per heavy atom. The molecule has 1 aromatic heterocycles. The smallest absolute Gasteiger partial charge is 0.230 e. The van der Waals surface area contributed by atoms with Gasteiger partial charge in [-0.05, 0) is 56.8 Å². The van der Waals surface area contributed by atoms with Crippen LogP contribution in [0.4, 0.5) is 0 Å². The SMILES string of the molecule is O=C1N(CC2CC2)CC12CCN(Cc1ccco1)CC2. The molecule has 0 bridgehead atoms. The predicted molar refractivity (Wildman–Crippen MR) is 75.0 cm³/mol. The third kappa shape index (κ3) is 2.16. The van der Waals surface area contributed by atoms with Gasteiger partial charge in [0.15, 0.2) is 0 Å². The average molecular weight is 274 g/mol. The van der Waals surface area contributed by atoms with Crippen molar-refractivity contribution in [2.45, 2.75) is 32.2 Å². The Hall–Kier alpha value is -1.29. The first-order chi connectivity index (χ1) is 9.75. The third-order valence-electron chi connectivity index (χ3n) is 5.18. The van der Waals surface area contributed by atoms with Crippen LogP contribution in [0.25, 0.3) is 0 Å². The molecule has 4 rings (SSSR count). The van der Waals surface area contributed by atoms with Crippen molar-refractivity contribution in [3.05, 3.63) is 24.2 Å². The van der Waals surface area contributed by atoms with Crippen LogP contribution in [0.15, 0.2) is 22.8 Å². The molecule has 20 heavy (non-hydrogen) atoms. The zero-order chi connectivity index (χ0) is 13.6. The summed E-state index contributed by atoms with van der Waals surface area (Å²) in [7, 11) is 0. The van der Waals surface area contributed by atoms with E-state index in [1.807, 2.05) is 12.1 Å². The van der Waals surface area contributed by atoms with Crippen molar-refractivity contribution >= 4 is 5.91 Å². The van der Waals surface area contributed by atoms with Crippen LogP contribution in [0.2, 0.25) is 0 Å². The first-order valence-electron chi connectivity index (χ1n) is 7.79. The fourth-order valence-corrected chi connectivity index (χ4v) is 3.64. The molecule has 0 aromatic carbocycles. The molecule has 0 unspecified atom stereocenters. The van der Waals surface area contributed by atoms with Gasteiger partial charge in [-0.3, -0.25) is 9.69 Å². The van der Waals surface area contributed by atoms with Gasteiger partial charge in [-0.25, -0.2) is 0 Å². The summed E-state index contributed by atoms with van der Waals surface area (Å²) in [6, 6.07) is 3.96. The van der Waals surface area contributed by atoms with Gasteiger partial charge < -0.3 is 9.32 Å². The highest BCUT2D eigenvalue weighted by Gasteiger charge is 2.53. The number of rotatable bonds is 4. The van der Waals surface area contributed by atoms with E-state index in [0.29, 0.717) is 5.91 Å². The number of hydrogen-bond donors (Lipinski definition) is 0. The summed E-state index contributed by atoms with van der Waals surface area (Å²) < 4.78 is 5.40. The first kappa shape index (κ1) is 12.5. The maximum atomic E-state index is 12.4. The highest BCUT2D eigenvalue weighted by Crippen LogP contribution is 2.44. The van der Waals surface area contributed by atoms with Gasteiger partial charge in [-0.1, -0.05) is 0 Å². The van der Waals surface area contributed by atoms with E-state index >= 15 is 0 Å². The highest BCUT2D eigenvalue weighted by atomic mass is 16.3. The maximum Gasteiger partial charge on any atom is 0.230 e. The number of hydrogen-bond acceptors (Lipinski definition) is 3. The minimum Gasteiger partial charge on any atom is -0.468 e. The van der Waals surface area contributed by atoms with E-state index in [1.165, 1.54) is 12.8 Å². The fraction of sp³-hybridized carbons (Fsp3) is 0.688. The minimum atomic E-state index is -0.00540. The quantitative estimate of drug-likeness (QED) is 0.789. The van der Waals surface area contributed by atoms with Crippen LogP contribution in [0.3, 0.4) is 0 Å². The van der Waals surface area contributed by atoms with Gasteiger partial charge in [-0.15, -0.1) is 0 Å². The molecular weight excluding hydrogens is 252 g/mol. The monoisotopic (exact) mass is 274 g/mol. The lowest BCUT2D eigenvalue weighted by Crippen LogP contribution is -2.64. The molecule has 3 aliphatic rings. The molecule has 0 atom stereocenters. The molecule has 0 N–H and O–H groups in total. The van der Waals surface area contributed by atoms with Crippen LogP contribution in [0.1, 0.15) is 31.4 Å². The number of furan rings is 1. The summed E-state index contributed by atoms with van der Waals surface area (Å²) >= 11 is 0. The molecule has 4 nitrogen and oxygen atoms in total. The second kappa shape index (κ2) is 4.62. The summed E-state index contributed by atoms with van der Waals surface area (Å²) in [4.78, 5) is 16.9. The van der Waals surface area contributed by atoms with Gasteiger partial charge in [0.05, 0.1) is 18.2 Å². The molecule has 2 aliphatic heterocycles. The molecule has 0 radical (unpaired) electrons. The Bertz CT molecular complexity index is 485. The number of nitrogens with zero attached hydrogens (tertiary/aromatic N) is 2. The molecule has 1 saturated carbocycles. The van der Waals surface area contributed by atoms with E-state index in [9.17, 15) is 4.79 Å². The Balaban J connectivity index is 1.30. The summed E-state index contributed by atoms with van der Waals surface area (Å²) in [5.74, 6) is 2.27. The zero-order valence-corrected chi connectivity index (χ0v) is 11.9. The predicted octanol–water partition coefficient (Wildman–Crippen LogP) is 2.11. The lowest BCUT2D eigenvalue weighted by molar-refractivity contribution is -0.165. The van der Waals surface area contributed by atoms with Crippen molar-refractivity contribution in [2.24, 2.45) is 11.3 Å². The first-order valence-corrected chi connectivity index (χ1v) is 7.79. The molecular formula is C16H22N2O2. The van der Waals surface area contributed by atoms with E-state index in [1.54, 1.807) is 6.26 Å². The number of carbonyl (C=O) groups is 1. The molecule has 1 aliphatic carbocycles. The topological polar surface area (TPSA) is 36.7 Å². The molecule has 108 valence electrons. The Morgan fingerprint density at radius 2 is 2.10 bits per heavy atom. The van der Waals surface area contributed by atoms with Crippen LogP contribution in [-0.4, -0.2) is 41.9 Å². The lowest BCUT2D eigenvalue weighted by atomic mass is 9.71. The second-order valence-electron chi connectivity index (χ2n) is 6.76. The number of β-lactam (4-membered cyclic amide) rings is 1. The molecule has 1 aromatic rings. The van der Waals surface area contributed by atoms with Gasteiger partial charge >= 0.3 is 0 Å². The Kier molecular flexibility index (Phi) is 2.88. The molecule has 1 spiro atoms. The van der Waals surface area contributed by atoms with Gasteiger partial charge in [0.25, 0.3) is 0 Å². The van der Waals surface area contributed by atoms with Crippen molar-refractivity contribution in [1.82, 2.24) is 9.80 Å². The summed E-state index contributed by atoms with van der Waals surface area (Å²) in [5, 5.41) is 0. The number of likely N-dealkylation sites (tertiary alicyclic amines) is 2. The molecule has 1 amide bonds. The van der Waals surface area contributed by atoms with Crippen LogP contribution in [0, 0.1) is 11.3 Å². The Labute approximate surface area is 119 Å². The van der Waals surface area contributed by atoms with Crippen molar-refractivity contribution in [2.75, 3.05) is 26.2 Å². The van der Waals surface area contributed by atoms with Crippen molar-refractivity contribution in [3.8, 4) is 0 Å². The molecule has 4 heteroatoms. The number of piperidine rings is 1. The maximum absolute atomic E-state index is 12.4. The van der Waals surface area contributed by atoms with Crippen LogP contribution >= 0.6 is 0 Å². The lowest BCUT2D eigenvalue weighted by Gasteiger charge is -2.52. The third-order valence-corrected chi connectivity index (χ3v) is 5.18. The van der Waals surface area contributed by atoms with Crippen molar-refractivity contribution in [3.63, 3.8) is 0 Å². The van der Waals surface area contributed by atoms with Gasteiger partial charge in [0, 0.05) is 13.1 Å². The normalized spacial score (nSPS) is 26.0. The van der Waals surface area contributed by atoms with Gasteiger partial charge in [0.2, 0.25) is 5.91 Å². The zero-order valence-electron chi connectivity index (χ0n) is 11.9. The molecule has 2 saturated heterocycles. The average Bonchev–Trinajstić information content (AvgIpc) is 3.15. The van der Waals surface area contributed by atoms with E-state index in [4.69, 9.17) is 4.42 Å². The highest BCUT2D eigenvalue weighted by molar-refractivity contribution is 5.89. The Morgan fingerprint density at radius 1 is 1.30 bits per heavy atom. The molecule has 3 heterocycles. The van der Waals surface area contributed by atoms with E-state index in [-0.39, 0.29) is 5.41 Å². The number of carbonyl (C=O) groups excluding carboxylic acids is 1. The van der Waals surface area contributed by atoms with Gasteiger partial charge in [0.1, 0.15) is 5.76 Å². The van der Waals surface area contributed by atoms with E-state index < -0.39 is 0 Å². The van der Waals surface area contributed by atoms with Crippen LogP contribution in [0.5, 0.6) is 0 Å². The fourth-order valence-electron chi connectivity index (χ4n) is 3.64. The van der Waals surface area contributed by atoms with Gasteiger partial charge in [-0.2, -0.15) is 0 Å². The summed E-state index contributed by atoms with van der Waals surface area (Å²) in [5.41, 5.74) is -0.00540. The van der Waals surface area contributed by atoms with E-state index in [0.717, 1.165) is 57.2 Å². The summed E-state index contributed by atoms with van der Waals surface area (Å²) in [6.07, 6.45) is 6.43. The standard InChI is InChI=1S/C16H22N2O2/c19-15-16(12-18(15)10-13-3-4-13)5-7-17(8-6-16)11-14-2-1-9-20-14/h1-2,9,13H,3-8,10-12H2. The van der Waals surface area contributed by atoms with Crippen LogP contribution < -0.4 is 0 Å². The largest absolute Gasteiger partial charge is 0.468 e. The molecule has 3 fully saturated rings. The number of amides is 1. The summed E-state index contributed by atoms with van der Waals surface area (Å²) in [6.45, 7) is 4.95. The second-order valence-corrected chi connectivity index (χ2v) is 6.76. The van der Waals surface area contributed by atoms with Crippen LogP contribution in [-0.2, 0) is 11.3 Å². The van der Waals surface area contributed by atoms with Crippen molar-refractivity contribution in [1.29, 1.82) is 0 Å². The van der Waals surface area contributed by atoms with Crippen molar-refractivity contribution < 1.29 is 9.21 Å². The minimum absolute atomic E-state index is 0.00540.